The predicted molar refractivity (Wildman–Crippen MR) is 172 cm³/mol. The lowest BCUT2D eigenvalue weighted by Crippen LogP contribution is -2.44. The molecule has 0 fully saturated rings. The number of benzene rings is 4. The molecular formula is C38H45NO4. The fourth-order valence-electron chi connectivity index (χ4n) is 5.29. The van der Waals surface area contributed by atoms with Gasteiger partial charge in [0.25, 0.3) is 0 Å². The van der Waals surface area contributed by atoms with Crippen LogP contribution in [0.3, 0.4) is 0 Å². The SMILES string of the molecule is COC(=O)CCC[C@H](C[C@H](OCc1ccccc1)[C@H](C)N(Cc1ccccc1)Cc1ccccc1)OCc1ccccc1. The van der Waals surface area contributed by atoms with Crippen LogP contribution in [0.5, 0.6) is 0 Å². The van der Waals surface area contributed by atoms with E-state index >= 15 is 0 Å². The van der Waals surface area contributed by atoms with Crippen LogP contribution in [0.4, 0.5) is 0 Å². The van der Waals surface area contributed by atoms with Gasteiger partial charge in [-0.15, -0.1) is 0 Å². The second-order valence-corrected chi connectivity index (χ2v) is 11.1. The molecule has 4 aromatic carbocycles. The molecule has 5 nitrogen and oxygen atoms in total. The number of carbonyl (C=O) groups excluding carboxylic acids is 1. The van der Waals surface area contributed by atoms with E-state index in [0.717, 1.165) is 30.6 Å². The molecule has 5 heteroatoms. The molecule has 0 heterocycles. The van der Waals surface area contributed by atoms with Crippen molar-refractivity contribution < 1.29 is 19.0 Å². The number of methoxy groups -OCH3 is 1. The Morgan fingerprint density at radius 3 is 1.56 bits per heavy atom. The average Bonchev–Trinajstić information content (AvgIpc) is 3.06. The number of rotatable bonds is 18. The van der Waals surface area contributed by atoms with Crippen molar-refractivity contribution in [3.63, 3.8) is 0 Å². The maximum Gasteiger partial charge on any atom is 0.305 e. The Kier molecular flexibility index (Phi) is 13.5. The van der Waals surface area contributed by atoms with Gasteiger partial charge in [-0.05, 0) is 42.0 Å². The highest BCUT2D eigenvalue weighted by molar-refractivity contribution is 5.68. The smallest absolute Gasteiger partial charge is 0.305 e. The van der Waals surface area contributed by atoms with E-state index in [9.17, 15) is 4.79 Å². The molecule has 0 aromatic heterocycles. The van der Waals surface area contributed by atoms with Crippen molar-refractivity contribution in [1.29, 1.82) is 0 Å². The van der Waals surface area contributed by atoms with E-state index in [1.54, 1.807) is 0 Å². The fraction of sp³-hybridized carbons (Fsp3) is 0.342. The van der Waals surface area contributed by atoms with Crippen LogP contribution in [0.25, 0.3) is 0 Å². The van der Waals surface area contributed by atoms with Gasteiger partial charge in [0, 0.05) is 32.0 Å². The molecule has 0 radical (unpaired) electrons. The van der Waals surface area contributed by atoms with Gasteiger partial charge in [0.15, 0.2) is 0 Å². The molecule has 0 saturated heterocycles. The number of esters is 1. The van der Waals surface area contributed by atoms with E-state index < -0.39 is 0 Å². The van der Waals surface area contributed by atoms with Crippen LogP contribution in [-0.4, -0.2) is 36.2 Å². The topological polar surface area (TPSA) is 48.0 Å². The third-order valence-electron chi connectivity index (χ3n) is 7.84. The standard InChI is InChI=1S/C38H45NO4/c1-31(39(27-32-16-7-3-8-17-32)28-33-18-9-4-10-19-33)37(43-30-35-22-13-6-14-23-35)26-36(24-15-25-38(40)41-2)42-29-34-20-11-5-12-21-34/h3-14,16-23,31,36-37H,15,24-30H2,1-2H3/t31-,36+,37-/m0/s1. The van der Waals surface area contributed by atoms with Gasteiger partial charge in [-0.25, -0.2) is 0 Å². The minimum atomic E-state index is -0.191. The Balaban J connectivity index is 1.56. The van der Waals surface area contributed by atoms with Crippen molar-refractivity contribution in [1.82, 2.24) is 4.90 Å². The van der Waals surface area contributed by atoms with Gasteiger partial charge in [-0.1, -0.05) is 121 Å². The zero-order valence-electron chi connectivity index (χ0n) is 25.5. The maximum atomic E-state index is 11.9. The van der Waals surface area contributed by atoms with Crippen molar-refractivity contribution in [2.45, 2.75) is 77.2 Å². The number of hydrogen-bond donors (Lipinski definition) is 0. The summed E-state index contributed by atoms with van der Waals surface area (Å²) in [5.41, 5.74) is 4.80. The van der Waals surface area contributed by atoms with Crippen molar-refractivity contribution >= 4 is 5.97 Å². The van der Waals surface area contributed by atoms with Gasteiger partial charge in [0.05, 0.1) is 32.5 Å². The molecule has 0 aliphatic rings. The first-order valence-corrected chi connectivity index (χ1v) is 15.3. The zero-order chi connectivity index (χ0) is 30.1. The molecule has 0 bridgehead atoms. The monoisotopic (exact) mass is 579 g/mol. The van der Waals surface area contributed by atoms with Crippen molar-refractivity contribution in [2.75, 3.05) is 7.11 Å². The summed E-state index contributed by atoms with van der Waals surface area (Å²) in [6, 6.07) is 41.9. The molecule has 3 atom stereocenters. The lowest BCUT2D eigenvalue weighted by Gasteiger charge is -2.36. The highest BCUT2D eigenvalue weighted by Crippen LogP contribution is 2.24. The highest BCUT2D eigenvalue weighted by atomic mass is 16.5. The van der Waals surface area contributed by atoms with Gasteiger partial charge in [0.1, 0.15) is 0 Å². The average molecular weight is 580 g/mol. The fourth-order valence-corrected chi connectivity index (χ4v) is 5.29. The predicted octanol–water partition coefficient (Wildman–Crippen LogP) is 7.98. The Bertz CT molecular complexity index is 1260. The highest BCUT2D eigenvalue weighted by Gasteiger charge is 2.28. The summed E-state index contributed by atoms with van der Waals surface area (Å²) in [5.74, 6) is -0.191. The summed E-state index contributed by atoms with van der Waals surface area (Å²) in [4.78, 5) is 14.4. The maximum absolute atomic E-state index is 11.9. The molecule has 0 aliphatic carbocycles. The van der Waals surface area contributed by atoms with Gasteiger partial charge < -0.3 is 14.2 Å². The van der Waals surface area contributed by atoms with Gasteiger partial charge in [0.2, 0.25) is 0 Å². The largest absolute Gasteiger partial charge is 0.469 e. The summed E-state index contributed by atoms with van der Waals surface area (Å²) in [6.45, 7) is 4.92. The molecular weight excluding hydrogens is 534 g/mol. The van der Waals surface area contributed by atoms with E-state index in [4.69, 9.17) is 14.2 Å². The van der Waals surface area contributed by atoms with E-state index in [2.05, 4.69) is 96.8 Å². The Morgan fingerprint density at radius 1 is 0.651 bits per heavy atom. The molecule has 0 spiro atoms. The quantitative estimate of drug-likeness (QED) is 0.112. The first kappa shape index (κ1) is 32.2. The lowest BCUT2D eigenvalue weighted by molar-refractivity contribution is -0.140. The molecule has 226 valence electrons. The molecule has 0 saturated carbocycles. The molecule has 0 unspecified atom stereocenters. The number of nitrogens with zero attached hydrogens (tertiary/aromatic N) is 1. The summed E-state index contributed by atoms with van der Waals surface area (Å²) in [7, 11) is 1.44. The summed E-state index contributed by atoms with van der Waals surface area (Å²) in [6.07, 6.45) is 2.35. The first-order valence-electron chi connectivity index (χ1n) is 15.3. The summed E-state index contributed by atoms with van der Waals surface area (Å²) >= 11 is 0. The number of ether oxygens (including phenoxy) is 3. The van der Waals surface area contributed by atoms with Crippen molar-refractivity contribution in [3.8, 4) is 0 Å². The van der Waals surface area contributed by atoms with E-state index in [0.29, 0.717) is 32.5 Å². The van der Waals surface area contributed by atoms with Crippen LogP contribution in [-0.2, 0) is 45.3 Å². The minimum Gasteiger partial charge on any atom is -0.469 e. The van der Waals surface area contributed by atoms with Crippen LogP contribution in [0.2, 0.25) is 0 Å². The Labute approximate surface area is 257 Å². The van der Waals surface area contributed by atoms with E-state index in [1.807, 2.05) is 36.4 Å². The lowest BCUT2D eigenvalue weighted by atomic mass is 9.98. The molecule has 4 rings (SSSR count). The molecule has 0 amide bonds. The second-order valence-electron chi connectivity index (χ2n) is 11.1. The van der Waals surface area contributed by atoms with Crippen LogP contribution in [0, 0.1) is 0 Å². The van der Waals surface area contributed by atoms with Crippen molar-refractivity contribution in [3.05, 3.63) is 144 Å². The Hall–Kier alpha value is -3.77. The van der Waals surface area contributed by atoms with Crippen molar-refractivity contribution in [2.24, 2.45) is 0 Å². The molecule has 4 aromatic rings. The normalized spacial score (nSPS) is 13.4. The van der Waals surface area contributed by atoms with Gasteiger partial charge in [-0.3, -0.25) is 9.69 Å². The minimum absolute atomic E-state index is 0.0802. The number of carbonyl (C=O) groups is 1. The van der Waals surface area contributed by atoms with Crippen LogP contribution >= 0.6 is 0 Å². The van der Waals surface area contributed by atoms with E-state index in [-0.39, 0.29) is 24.2 Å². The number of hydrogen-bond acceptors (Lipinski definition) is 5. The third kappa shape index (κ3) is 11.4. The van der Waals surface area contributed by atoms with Crippen LogP contribution in [0.15, 0.2) is 121 Å². The second kappa shape index (κ2) is 18.0. The molecule has 0 aliphatic heterocycles. The van der Waals surface area contributed by atoms with Gasteiger partial charge in [-0.2, -0.15) is 0 Å². The zero-order valence-corrected chi connectivity index (χ0v) is 25.5. The Morgan fingerprint density at radius 2 is 1.09 bits per heavy atom. The summed E-state index contributed by atoms with van der Waals surface area (Å²) in [5, 5.41) is 0. The summed E-state index contributed by atoms with van der Waals surface area (Å²) < 4.78 is 18.2. The van der Waals surface area contributed by atoms with Crippen LogP contribution in [0.1, 0.15) is 54.9 Å². The molecule has 0 N–H and O–H groups in total. The first-order chi connectivity index (χ1) is 21.1. The third-order valence-corrected chi connectivity index (χ3v) is 7.84. The van der Waals surface area contributed by atoms with Gasteiger partial charge >= 0.3 is 5.97 Å². The molecule has 43 heavy (non-hydrogen) atoms. The van der Waals surface area contributed by atoms with Crippen LogP contribution < -0.4 is 0 Å². The van der Waals surface area contributed by atoms with E-state index in [1.165, 1.54) is 18.2 Å².